The summed E-state index contributed by atoms with van der Waals surface area (Å²) in [6, 6.07) is 16.4. The monoisotopic (exact) mass is 253 g/mol. The number of benzene rings is 2. The van der Waals surface area contributed by atoms with Crippen LogP contribution in [0.2, 0.25) is 0 Å². The molecule has 0 heterocycles. The molecule has 0 bridgehead atoms. The first kappa shape index (κ1) is 12.2. The van der Waals surface area contributed by atoms with Gasteiger partial charge in [-0.1, -0.05) is 36.4 Å². The van der Waals surface area contributed by atoms with Gasteiger partial charge < -0.3 is 10.5 Å². The molecule has 0 spiro atoms. The van der Waals surface area contributed by atoms with Gasteiger partial charge in [-0.3, -0.25) is 0 Å². The minimum Gasteiger partial charge on any atom is -0.490 e. The third-order valence-electron chi connectivity index (χ3n) is 3.59. The number of hydrogen-bond acceptors (Lipinski definition) is 2. The van der Waals surface area contributed by atoms with Crippen molar-refractivity contribution in [2.24, 2.45) is 5.73 Å². The number of ether oxygens (including phenoxy) is 1. The maximum Gasteiger partial charge on any atom is 0.119 e. The second-order valence-electron chi connectivity index (χ2n) is 5.22. The quantitative estimate of drug-likeness (QED) is 0.903. The van der Waals surface area contributed by atoms with Gasteiger partial charge in [-0.05, 0) is 48.6 Å². The lowest BCUT2D eigenvalue weighted by Gasteiger charge is -2.15. The van der Waals surface area contributed by atoms with Crippen LogP contribution in [0.25, 0.3) is 0 Å². The van der Waals surface area contributed by atoms with E-state index in [1.165, 1.54) is 24.0 Å². The minimum atomic E-state index is -0.0730. The topological polar surface area (TPSA) is 35.2 Å². The molecular formula is C17H19NO. The molecule has 0 amide bonds. The van der Waals surface area contributed by atoms with E-state index in [9.17, 15) is 0 Å². The standard InChI is InChI=1S/C17H19NO/c1-12-4-2-3-5-16(12)17(18)13-6-8-14(9-7-13)19-15-10-11-15/h2-9,15,17H,10-11,18H2,1H3. The van der Waals surface area contributed by atoms with E-state index < -0.39 is 0 Å². The molecule has 19 heavy (non-hydrogen) atoms. The summed E-state index contributed by atoms with van der Waals surface area (Å²) in [5.74, 6) is 0.947. The SMILES string of the molecule is Cc1ccccc1C(N)c1ccc(OC2CC2)cc1. The van der Waals surface area contributed by atoms with Crippen LogP contribution < -0.4 is 10.5 Å². The molecule has 3 rings (SSSR count). The zero-order valence-electron chi connectivity index (χ0n) is 11.2. The van der Waals surface area contributed by atoms with Crippen LogP contribution in [-0.2, 0) is 0 Å². The van der Waals surface area contributed by atoms with Gasteiger partial charge in [0.15, 0.2) is 0 Å². The Hall–Kier alpha value is -1.80. The van der Waals surface area contributed by atoms with E-state index >= 15 is 0 Å². The van der Waals surface area contributed by atoms with E-state index in [1.807, 2.05) is 24.3 Å². The molecule has 1 unspecified atom stereocenters. The molecule has 1 atom stereocenters. The lowest BCUT2D eigenvalue weighted by atomic mass is 9.96. The van der Waals surface area contributed by atoms with Crippen molar-refractivity contribution >= 4 is 0 Å². The van der Waals surface area contributed by atoms with Crippen molar-refractivity contribution in [3.63, 3.8) is 0 Å². The first-order valence-corrected chi connectivity index (χ1v) is 6.82. The molecule has 0 radical (unpaired) electrons. The molecule has 1 fully saturated rings. The van der Waals surface area contributed by atoms with Gasteiger partial charge in [-0.15, -0.1) is 0 Å². The second kappa shape index (κ2) is 5.06. The number of hydrogen-bond donors (Lipinski definition) is 1. The molecule has 98 valence electrons. The summed E-state index contributed by atoms with van der Waals surface area (Å²) >= 11 is 0. The van der Waals surface area contributed by atoms with Gasteiger partial charge in [0.05, 0.1) is 12.1 Å². The third-order valence-corrected chi connectivity index (χ3v) is 3.59. The first-order chi connectivity index (χ1) is 9.24. The van der Waals surface area contributed by atoms with Gasteiger partial charge in [0, 0.05) is 0 Å². The summed E-state index contributed by atoms with van der Waals surface area (Å²) in [6.07, 6.45) is 2.81. The highest BCUT2D eigenvalue weighted by molar-refractivity contribution is 5.38. The van der Waals surface area contributed by atoms with E-state index in [4.69, 9.17) is 10.5 Å². The maximum atomic E-state index is 6.34. The zero-order valence-corrected chi connectivity index (χ0v) is 11.2. The fourth-order valence-corrected chi connectivity index (χ4v) is 2.25. The van der Waals surface area contributed by atoms with E-state index in [1.54, 1.807) is 0 Å². The molecule has 2 nitrogen and oxygen atoms in total. The molecule has 0 saturated heterocycles. The smallest absolute Gasteiger partial charge is 0.119 e. The molecule has 1 saturated carbocycles. The van der Waals surface area contributed by atoms with Crippen LogP contribution in [-0.4, -0.2) is 6.10 Å². The summed E-state index contributed by atoms with van der Waals surface area (Å²) in [7, 11) is 0. The van der Waals surface area contributed by atoms with E-state index in [0.717, 1.165) is 11.3 Å². The van der Waals surface area contributed by atoms with Crippen molar-refractivity contribution in [3.05, 3.63) is 65.2 Å². The average Bonchev–Trinajstić information content (AvgIpc) is 3.23. The lowest BCUT2D eigenvalue weighted by molar-refractivity contribution is 0.303. The third kappa shape index (κ3) is 2.79. The van der Waals surface area contributed by atoms with E-state index in [2.05, 4.69) is 31.2 Å². The van der Waals surface area contributed by atoms with Crippen LogP contribution >= 0.6 is 0 Å². The Bertz CT molecular complexity index is 558. The Morgan fingerprint density at radius 2 is 1.74 bits per heavy atom. The van der Waals surface area contributed by atoms with E-state index in [-0.39, 0.29) is 6.04 Å². The number of aryl methyl sites for hydroxylation is 1. The summed E-state index contributed by atoms with van der Waals surface area (Å²) in [5, 5.41) is 0. The van der Waals surface area contributed by atoms with Crippen LogP contribution in [0.15, 0.2) is 48.5 Å². The Balaban J connectivity index is 1.79. The van der Waals surface area contributed by atoms with Gasteiger partial charge in [-0.2, -0.15) is 0 Å². The Kier molecular flexibility index (Phi) is 3.26. The summed E-state index contributed by atoms with van der Waals surface area (Å²) < 4.78 is 5.75. The van der Waals surface area contributed by atoms with Crippen molar-refractivity contribution < 1.29 is 4.74 Å². The zero-order chi connectivity index (χ0) is 13.2. The molecule has 1 aliphatic rings. The van der Waals surface area contributed by atoms with Gasteiger partial charge in [-0.25, -0.2) is 0 Å². The average molecular weight is 253 g/mol. The summed E-state index contributed by atoms with van der Waals surface area (Å²) in [4.78, 5) is 0. The van der Waals surface area contributed by atoms with Crippen LogP contribution in [0, 0.1) is 6.92 Å². The highest BCUT2D eigenvalue weighted by atomic mass is 16.5. The van der Waals surface area contributed by atoms with Crippen molar-refractivity contribution in [2.75, 3.05) is 0 Å². The largest absolute Gasteiger partial charge is 0.490 e. The van der Waals surface area contributed by atoms with Gasteiger partial charge in [0.2, 0.25) is 0 Å². The van der Waals surface area contributed by atoms with Crippen LogP contribution in [0.1, 0.15) is 35.6 Å². The molecule has 0 aromatic heterocycles. The first-order valence-electron chi connectivity index (χ1n) is 6.82. The number of rotatable bonds is 4. The van der Waals surface area contributed by atoms with Crippen molar-refractivity contribution in [2.45, 2.75) is 31.9 Å². The molecule has 1 aliphatic carbocycles. The highest BCUT2D eigenvalue weighted by Gasteiger charge is 2.23. The highest BCUT2D eigenvalue weighted by Crippen LogP contribution is 2.28. The van der Waals surface area contributed by atoms with Gasteiger partial charge in [0.1, 0.15) is 5.75 Å². The molecule has 2 heteroatoms. The summed E-state index contributed by atoms with van der Waals surface area (Å²) in [5.41, 5.74) is 9.87. The fourth-order valence-electron chi connectivity index (χ4n) is 2.25. The van der Waals surface area contributed by atoms with Gasteiger partial charge >= 0.3 is 0 Å². The number of nitrogens with two attached hydrogens (primary N) is 1. The Morgan fingerprint density at radius 3 is 2.37 bits per heavy atom. The minimum absolute atomic E-state index is 0.0730. The maximum absolute atomic E-state index is 6.34. The molecule has 0 aliphatic heterocycles. The van der Waals surface area contributed by atoms with Crippen LogP contribution in [0.3, 0.4) is 0 Å². The Morgan fingerprint density at radius 1 is 1.05 bits per heavy atom. The second-order valence-corrected chi connectivity index (χ2v) is 5.22. The molecule has 2 aromatic rings. The molecule has 2 aromatic carbocycles. The van der Waals surface area contributed by atoms with Crippen molar-refractivity contribution in [1.82, 2.24) is 0 Å². The molecular weight excluding hydrogens is 234 g/mol. The summed E-state index contributed by atoms with van der Waals surface area (Å²) in [6.45, 7) is 2.10. The fraction of sp³-hybridized carbons (Fsp3) is 0.294. The molecule has 2 N–H and O–H groups in total. The lowest BCUT2D eigenvalue weighted by Crippen LogP contribution is -2.13. The van der Waals surface area contributed by atoms with Crippen molar-refractivity contribution in [1.29, 1.82) is 0 Å². The van der Waals surface area contributed by atoms with Crippen LogP contribution in [0.4, 0.5) is 0 Å². The predicted octanol–water partition coefficient (Wildman–Crippen LogP) is 3.58. The predicted molar refractivity (Wildman–Crippen MR) is 77.3 cm³/mol. The van der Waals surface area contributed by atoms with Gasteiger partial charge in [0.25, 0.3) is 0 Å². The Labute approximate surface area is 114 Å². The van der Waals surface area contributed by atoms with Crippen molar-refractivity contribution in [3.8, 4) is 5.75 Å². The van der Waals surface area contributed by atoms with Crippen LogP contribution in [0.5, 0.6) is 5.75 Å². The normalized spacial score (nSPS) is 16.1. The van der Waals surface area contributed by atoms with E-state index in [0.29, 0.717) is 6.10 Å².